The van der Waals surface area contributed by atoms with Gasteiger partial charge in [-0.2, -0.15) is 0 Å². The lowest BCUT2D eigenvalue weighted by Crippen LogP contribution is -2.49. The average molecular weight is 419 g/mol. The molecule has 2 amide bonds. The normalized spacial score (nSPS) is 21.1. The molecule has 1 aliphatic heterocycles. The number of nitrogens with zero attached hydrogens (tertiary/aromatic N) is 1. The molecule has 2 aliphatic rings. The summed E-state index contributed by atoms with van der Waals surface area (Å²) in [5.41, 5.74) is 1.47. The molecule has 1 fully saturated rings. The lowest BCUT2D eigenvalue weighted by Gasteiger charge is -2.29. The van der Waals surface area contributed by atoms with E-state index in [0.717, 1.165) is 16.9 Å². The van der Waals surface area contributed by atoms with E-state index in [4.69, 9.17) is 4.74 Å². The number of hydrogen-bond donors (Lipinski definition) is 0. The van der Waals surface area contributed by atoms with Crippen LogP contribution in [0.4, 0.5) is 0 Å². The van der Waals surface area contributed by atoms with Crippen molar-refractivity contribution in [1.29, 1.82) is 0 Å². The lowest BCUT2D eigenvalue weighted by molar-refractivity contribution is -0.151. The standard InChI is InChI=1S/C25H25NO5/c1-2-31-25(30)20-14-8-13-17(20)22(27)21(15-16-9-4-3-5-10-16)26-23(28)18-11-6-7-12-19(18)24(26)29/h3-7,9-12,17,20-21H,2,8,13-15H2,1H3/t17-,20+,21+/m1/s1. The predicted molar refractivity (Wildman–Crippen MR) is 113 cm³/mol. The summed E-state index contributed by atoms with van der Waals surface area (Å²) in [6.45, 7) is 1.99. The van der Waals surface area contributed by atoms with Crippen LogP contribution >= 0.6 is 0 Å². The van der Waals surface area contributed by atoms with Gasteiger partial charge in [0, 0.05) is 12.3 Å². The minimum Gasteiger partial charge on any atom is -0.466 e. The van der Waals surface area contributed by atoms with Crippen molar-refractivity contribution < 1.29 is 23.9 Å². The number of benzene rings is 2. The molecule has 160 valence electrons. The van der Waals surface area contributed by atoms with Gasteiger partial charge in [0.25, 0.3) is 11.8 Å². The number of imide groups is 1. The van der Waals surface area contributed by atoms with E-state index < -0.39 is 29.7 Å². The second-order valence-electron chi connectivity index (χ2n) is 8.03. The Morgan fingerprint density at radius 3 is 2.13 bits per heavy atom. The summed E-state index contributed by atoms with van der Waals surface area (Å²) in [6.07, 6.45) is 2.09. The molecule has 0 aromatic heterocycles. The maximum Gasteiger partial charge on any atom is 0.309 e. The van der Waals surface area contributed by atoms with Gasteiger partial charge in [-0.15, -0.1) is 0 Å². The van der Waals surface area contributed by atoms with Gasteiger partial charge in [0.1, 0.15) is 6.04 Å². The number of carbonyl (C=O) groups is 4. The summed E-state index contributed by atoms with van der Waals surface area (Å²) < 4.78 is 5.18. The summed E-state index contributed by atoms with van der Waals surface area (Å²) >= 11 is 0. The summed E-state index contributed by atoms with van der Waals surface area (Å²) in [4.78, 5) is 53.6. The fourth-order valence-corrected chi connectivity index (χ4v) is 4.73. The number of rotatable bonds is 7. The van der Waals surface area contributed by atoms with E-state index in [2.05, 4.69) is 0 Å². The monoisotopic (exact) mass is 419 g/mol. The van der Waals surface area contributed by atoms with Crippen molar-refractivity contribution in [3.8, 4) is 0 Å². The number of carbonyl (C=O) groups excluding carboxylic acids is 4. The second kappa shape index (κ2) is 8.84. The zero-order valence-electron chi connectivity index (χ0n) is 17.5. The number of ketones is 1. The number of ether oxygens (including phenoxy) is 1. The van der Waals surface area contributed by atoms with Crippen LogP contribution in [0.1, 0.15) is 52.5 Å². The van der Waals surface area contributed by atoms with Crippen molar-refractivity contribution in [2.75, 3.05) is 6.61 Å². The molecule has 1 aliphatic carbocycles. The zero-order chi connectivity index (χ0) is 22.0. The quantitative estimate of drug-likeness (QED) is 0.507. The Hall–Kier alpha value is -3.28. The molecule has 31 heavy (non-hydrogen) atoms. The smallest absolute Gasteiger partial charge is 0.309 e. The lowest BCUT2D eigenvalue weighted by atomic mass is 9.85. The van der Waals surface area contributed by atoms with Gasteiger partial charge in [-0.25, -0.2) is 0 Å². The molecule has 0 bridgehead atoms. The van der Waals surface area contributed by atoms with Crippen LogP contribution in [0.15, 0.2) is 54.6 Å². The third-order valence-electron chi connectivity index (χ3n) is 6.21. The van der Waals surface area contributed by atoms with Crippen LogP contribution in [0.2, 0.25) is 0 Å². The first kappa shape index (κ1) is 21.0. The van der Waals surface area contributed by atoms with E-state index in [1.165, 1.54) is 0 Å². The number of fused-ring (bicyclic) bond motifs is 1. The van der Waals surface area contributed by atoms with Crippen molar-refractivity contribution in [2.24, 2.45) is 11.8 Å². The van der Waals surface area contributed by atoms with Crippen LogP contribution in [0.3, 0.4) is 0 Å². The first-order valence-corrected chi connectivity index (χ1v) is 10.7. The molecule has 3 atom stereocenters. The van der Waals surface area contributed by atoms with E-state index in [0.29, 0.717) is 24.0 Å². The van der Waals surface area contributed by atoms with Gasteiger partial charge in [-0.1, -0.05) is 48.9 Å². The number of esters is 1. The second-order valence-corrected chi connectivity index (χ2v) is 8.03. The van der Waals surface area contributed by atoms with Gasteiger partial charge in [0.05, 0.1) is 23.7 Å². The Morgan fingerprint density at radius 2 is 1.52 bits per heavy atom. The third-order valence-corrected chi connectivity index (χ3v) is 6.21. The van der Waals surface area contributed by atoms with Gasteiger partial charge < -0.3 is 4.74 Å². The van der Waals surface area contributed by atoms with Gasteiger partial charge >= 0.3 is 5.97 Å². The molecule has 1 heterocycles. The highest BCUT2D eigenvalue weighted by Crippen LogP contribution is 2.36. The summed E-state index contributed by atoms with van der Waals surface area (Å²) in [5, 5.41) is 0. The fourth-order valence-electron chi connectivity index (χ4n) is 4.73. The van der Waals surface area contributed by atoms with Gasteiger partial charge in [0.2, 0.25) is 0 Å². The number of amides is 2. The maximum atomic E-state index is 13.7. The molecule has 0 unspecified atom stereocenters. The zero-order valence-corrected chi connectivity index (χ0v) is 17.5. The Morgan fingerprint density at radius 1 is 0.935 bits per heavy atom. The van der Waals surface area contributed by atoms with Crippen LogP contribution in [-0.4, -0.2) is 41.1 Å². The molecule has 6 heteroatoms. The van der Waals surface area contributed by atoms with Gasteiger partial charge in [-0.05, 0) is 37.5 Å². The molecule has 2 aromatic carbocycles. The summed E-state index contributed by atoms with van der Waals surface area (Å²) in [7, 11) is 0. The number of hydrogen-bond acceptors (Lipinski definition) is 5. The molecular formula is C25H25NO5. The highest BCUT2D eigenvalue weighted by molar-refractivity contribution is 6.23. The first-order chi connectivity index (χ1) is 15.0. The minimum atomic E-state index is -0.963. The van der Waals surface area contributed by atoms with Crippen molar-refractivity contribution >= 4 is 23.6 Å². The third kappa shape index (κ3) is 3.90. The fraction of sp³-hybridized carbons (Fsp3) is 0.360. The van der Waals surface area contributed by atoms with E-state index in [9.17, 15) is 19.2 Å². The van der Waals surface area contributed by atoms with E-state index in [1.807, 2.05) is 30.3 Å². The van der Waals surface area contributed by atoms with Gasteiger partial charge in [0.15, 0.2) is 5.78 Å². The highest BCUT2D eigenvalue weighted by Gasteiger charge is 2.47. The Labute approximate surface area is 181 Å². The summed E-state index contributed by atoms with van der Waals surface area (Å²) in [6, 6.07) is 15.0. The highest BCUT2D eigenvalue weighted by atomic mass is 16.5. The van der Waals surface area contributed by atoms with Gasteiger partial charge in [-0.3, -0.25) is 24.1 Å². The molecule has 1 saturated carbocycles. The Bertz CT molecular complexity index is 981. The maximum absolute atomic E-state index is 13.7. The van der Waals surface area contributed by atoms with Crippen molar-refractivity contribution in [1.82, 2.24) is 4.90 Å². The van der Waals surface area contributed by atoms with E-state index in [1.54, 1.807) is 31.2 Å². The molecule has 0 N–H and O–H groups in total. The van der Waals surface area contributed by atoms with Crippen LogP contribution in [0, 0.1) is 11.8 Å². The Balaban J connectivity index is 1.69. The molecule has 6 nitrogen and oxygen atoms in total. The first-order valence-electron chi connectivity index (χ1n) is 10.7. The molecular weight excluding hydrogens is 394 g/mol. The van der Waals surface area contributed by atoms with Crippen molar-refractivity contribution in [3.05, 3.63) is 71.3 Å². The largest absolute Gasteiger partial charge is 0.466 e. The molecule has 4 rings (SSSR count). The van der Waals surface area contributed by atoms with Crippen LogP contribution in [0.25, 0.3) is 0 Å². The Kier molecular flexibility index (Phi) is 5.98. The molecule has 0 saturated heterocycles. The van der Waals surface area contributed by atoms with Crippen LogP contribution in [0.5, 0.6) is 0 Å². The van der Waals surface area contributed by atoms with Crippen molar-refractivity contribution in [2.45, 2.75) is 38.6 Å². The molecule has 2 aromatic rings. The van der Waals surface area contributed by atoms with E-state index >= 15 is 0 Å². The van der Waals surface area contributed by atoms with Crippen molar-refractivity contribution in [3.63, 3.8) is 0 Å². The average Bonchev–Trinajstić information content (AvgIpc) is 3.37. The minimum absolute atomic E-state index is 0.219. The predicted octanol–water partition coefficient (Wildman–Crippen LogP) is 3.44. The molecule has 0 spiro atoms. The van der Waals surface area contributed by atoms with Crippen LogP contribution < -0.4 is 0 Å². The number of Topliss-reactive ketones (excluding diaryl/α,β-unsaturated/α-hetero) is 1. The summed E-state index contributed by atoms with van der Waals surface area (Å²) in [5.74, 6) is -2.62. The SMILES string of the molecule is CCOC(=O)[C@H]1CCC[C@H]1C(=O)[C@H](Cc1ccccc1)N1C(=O)c2ccccc2C1=O. The molecule has 0 radical (unpaired) electrons. The topological polar surface area (TPSA) is 80.8 Å². The van der Waals surface area contributed by atoms with Crippen LogP contribution in [-0.2, 0) is 20.7 Å². The van der Waals surface area contributed by atoms with E-state index in [-0.39, 0.29) is 24.8 Å².